The Bertz CT molecular complexity index is 454. The molecule has 1 rings (SSSR count). The number of hydrogen-bond acceptors (Lipinski definition) is 3. The van der Waals surface area contributed by atoms with Gasteiger partial charge in [0.25, 0.3) is 0 Å². The molecule has 21 heavy (non-hydrogen) atoms. The fraction of sp³-hybridized carbons (Fsp3) is 0.429. The Hall–Kier alpha value is -0.790. The van der Waals surface area contributed by atoms with Crippen molar-refractivity contribution in [2.24, 2.45) is 0 Å². The molecule has 7 heteroatoms. The number of carbonyl (C=O) groups is 1. The van der Waals surface area contributed by atoms with Crippen molar-refractivity contribution < 1.29 is 4.79 Å². The Morgan fingerprint density at radius 2 is 1.95 bits per heavy atom. The van der Waals surface area contributed by atoms with Gasteiger partial charge in [0.15, 0.2) is 5.11 Å². The zero-order chi connectivity index (χ0) is 15.5. The monoisotopic (exact) mass is 389 g/mol. The summed E-state index contributed by atoms with van der Waals surface area (Å²) < 4.78 is 1.03. The number of amides is 1. The number of halogens is 1. The Morgan fingerprint density at radius 3 is 2.62 bits per heavy atom. The second-order valence-corrected chi connectivity index (χ2v) is 6.75. The van der Waals surface area contributed by atoms with Gasteiger partial charge in [-0.25, -0.2) is 0 Å². The lowest BCUT2D eigenvalue weighted by atomic mass is 10.2. The number of thiocarbonyl (C=S) groups is 1. The Kier molecular flexibility index (Phi) is 9.45. The average Bonchev–Trinajstić information content (AvgIpc) is 2.49. The van der Waals surface area contributed by atoms with Gasteiger partial charge in [-0.15, -0.1) is 11.8 Å². The summed E-state index contributed by atoms with van der Waals surface area (Å²) in [6.45, 7) is 2.98. The fourth-order valence-electron chi connectivity index (χ4n) is 1.46. The van der Waals surface area contributed by atoms with Crippen LogP contribution in [0.15, 0.2) is 33.6 Å². The van der Waals surface area contributed by atoms with Crippen LogP contribution in [0.4, 0.5) is 0 Å². The van der Waals surface area contributed by atoms with Crippen LogP contribution in [0.2, 0.25) is 0 Å². The van der Waals surface area contributed by atoms with E-state index in [1.807, 2.05) is 24.3 Å². The van der Waals surface area contributed by atoms with E-state index in [2.05, 4.69) is 39.0 Å². The first-order valence-electron chi connectivity index (χ1n) is 6.83. The predicted molar refractivity (Wildman–Crippen MR) is 96.3 cm³/mol. The molecule has 0 heterocycles. The van der Waals surface area contributed by atoms with Crippen molar-refractivity contribution >= 4 is 50.9 Å². The molecule has 0 aromatic heterocycles. The minimum absolute atomic E-state index is 0.111. The molecule has 1 amide bonds. The minimum atomic E-state index is -0.111. The largest absolute Gasteiger partial charge is 0.361 e. The van der Waals surface area contributed by atoms with Crippen LogP contribution >= 0.6 is 39.9 Å². The van der Waals surface area contributed by atoms with Crippen molar-refractivity contribution in [3.05, 3.63) is 28.7 Å². The summed E-state index contributed by atoms with van der Waals surface area (Å²) in [7, 11) is 0. The lowest BCUT2D eigenvalue weighted by molar-refractivity contribution is -0.119. The van der Waals surface area contributed by atoms with Gasteiger partial charge in [0.2, 0.25) is 5.91 Å². The van der Waals surface area contributed by atoms with Gasteiger partial charge in [0.1, 0.15) is 0 Å². The standard InChI is InChI=1S/C14H20BrN3OS2/c1-2-3-4-9-16-14(20)18-17-13(19)10-21-12-7-5-11(15)6-8-12/h5-8H,2-4,9-10H2,1H3,(H,17,19)(H2,16,18,20). The third-order valence-corrected chi connectivity index (χ3v) is 4.35. The molecule has 0 saturated carbocycles. The molecule has 3 N–H and O–H groups in total. The molecule has 4 nitrogen and oxygen atoms in total. The third-order valence-electron chi connectivity index (χ3n) is 2.56. The number of thioether (sulfide) groups is 1. The van der Waals surface area contributed by atoms with E-state index in [-0.39, 0.29) is 5.91 Å². The van der Waals surface area contributed by atoms with E-state index in [0.29, 0.717) is 10.9 Å². The van der Waals surface area contributed by atoms with Crippen molar-refractivity contribution in [3.63, 3.8) is 0 Å². The summed E-state index contributed by atoms with van der Waals surface area (Å²) in [5.41, 5.74) is 5.29. The normalized spacial score (nSPS) is 10.0. The maximum Gasteiger partial charge on any atom is 0.248 e. The topological polar surface area (TPSA) is 53.2 Å². The van der Waals surface area contributed by atoms with Gasteiger partial charge < -0.3 is 5.32 Å². The lowest BCUT2D eigenvalue weighted by Crippen LogP contribution is -2.47. The second-order valence-electron chi connectivity index (χ2n) is 4.38. The molecule has 0 aliphatic heterocycles. The van der Waals surface area contributed by atoms with Crippen molar-refractivity contribution in [1.29, 1.82) is 0 Å². The number of hydrogen-bond donors (Lipinski definition) is 3. The number of benzene rings is 1. The van der Waals surface area contributed by atoms with E-state index in [4.69, 9.17) is 12.2 Å². The van der Waals surface area contributed by atoms with Gasteiger partial charge in [0, 0.05) is 15.9 Å². The molecule has 116 valence electrons. The van der Waals surface area contributed by atoms with Gasteiger partial charge in [-0.2, -0.15) is 0 Å². The van der Waals surface area contributed by atoms with Gasteiger partial charge in [-0.1, -0.05) is 35.7 Å². The molecule has 0 saturated heterocycles. The SMILES string of the molecule is CCCCCNC(=S)NNC(=O)CSc1ccc(Br)cc1. The number of carbonyl (C=O) groups excluding carboxylic acids is 1. The van der Waals surface area contributed by atoms with Crippen LogP contribution in [0.1, 0.15) is 26.2 Å². The first-order chi connectivity index (χ1) is 10.1. The number of rotatable bonds is 7. The molecule has 0 bridgehead atoms. The Balaban J connectivity index is 2.13. The highest BCUT2D eigenvalue weighted by atomic mass is 79.9. The van der Waals surface area contributed by atoms with E-state index in [1.165, 1.54) is 24.6 Å². The average molecular weight is 390 g/mol. The molecular weight excluding hydrogens is 370 g/mol. The van der Waals surface area contributed by atoms with Gasteiger partial charge in [-0.05, 0) is 42.9 Å². The highest BCUT2D eigenvalue weighted by Crippen LogP contribution is 2.20. The molecule has 0 atom stereocenters. The second kappa shape index (κ2) is 10.9. The number of unbranched alkanes of at least 4 members (excludes halogenated alkanes) is 2. The summed E-state index contributed by atoms with van der Waals surface area (Å²) in [5, 5.41) is 3.50. The molecule has 1 aromatic carbocycles. The highest BCUT2D eigenvalue weighted by Gasteiger charge is 2.03. The van der Waals surface area contributed by atoms with E-state index in [9.17, 15) is 4.79 Å². The van der Waals surface area contributed by atoms with Crippen molar-refractivity contribution in [2.45, 2.75) is 31.1 Å². The van der Waals surface area contributed by atoms with Crippen LogP contribution in [0.25, 0.3) is 0 Å². The number of hydrazine groups is 1. The Morgan fingerprint density at radius 1 is 1.24 bits per heavy atom. The molecule has 1 aromatic rings. The summed E-state index contributed by atoms with van der Waals surface area (Å²) in [4.78, 5) is 12.7. The molecule has 0 radical (unpaired) electrons. The molecule has 0 aliphatic carbocycles. The van der Waals surface area contributed by atoms with Gasteiger partial charge in [-0.3, -0.25) is 15.6 Å². The van der Waals surface area contributed by atoms with Gasteiger partial charge in [0.05, 0.1) is 5.75 Å². The first kappa shape index (κ1) is 18.3. The smallest absolute Gasteiger partial charge is 0.248 e. The van der Waals surface area contributed by atoms with Crippen molar-refractivity contribution in [2.75, 3.05) is 12.3 Å². The van der Waals surface area contributed by atoms with E-state index < -0.39 is 0 Å². The molecule has 0 unspecified atom stereocenters. The number of nitrogens with one attached hydrogen (secondary N) is 3. The van der Waals surface area contributed by atoms with Gasteiger partial charge >= 0.3 is 0 Å². The zero-order valence-corrected chi connectivity index (χ0v) is 15.2. The first-order valence-corrected chi connectivity index (χ1v) is 9.01. The van der Waals surface area contributed by atoms with Crippen molar-refractivity contribution in [1.82, 2.24) is 16.2 Å². The van der Waals surface area contributed by atoms with Crippen molar-refractivity contribution in [3.8, 4) is 0 Å². The summed E-state index contributed by atoms with van der Waals surface area (Å²) in [6, 6.07) is 7.84. The zero-order valence-electron chi connectivity index (χ0n) is 11.9. The summed E-state index contributed by atoms with van der Waals surface area (Å²) in [6.07, 6.45) is 3.42. The summed E-state index contributed by atoms with van der Waals surface area (Å²) >= 11 is 9.92. The molecule has 0 fully saturated rings. The highest BCUT2D eigenvalue weighted by molar-refractivity contribution is 9.10. The van der Waals surface area contributed by atoms with Crippen LogP contribution in [-0.4, -0.2) is 23.3 Å². The minimum Gasteiger partial charge on any atom is -0.361 e. The van der Waals surface area contributed by atoms with E-state index in [0.717, 1.165) is 22.3 Å². The van der Waals surface area contributed by atoms with Crippen LogP contribution in [0, 0.1) is 0 Å². The van der Waals surface area contributed by atoms with E-state index in [1.54, 1.807) is 0 Å². The maximum atomic E-state index is 11.7. The van der Waals surface area contributed by atoms with Crippen LogP contribution in [-0.2, 0) is 4.79 Å². The lowest BCUT2D eigenvalue weighted by Gasteiger charge is -2.11. The van der Waals surface area contributed by atoms with Crippen LogP contribution in [0.5, 0.6) is 0 Å². The summed E-state index contributed by atoms with van der Waals surface area (Å²) in [5.74, 6) is 0.230. The molecular formula is C14H20BrN3OS2. The fourth-order valence-corrected chi connectivity index (χ4v) is 2.58. The maximum absolute atomic E-state index is 11.7. The molecule has 0 spiro atoms. The third kappa shape index (κ3) is 8.95. The molecule has 0 aliphatic rings. The van der Waals surface area contributed by atoms with Crippen LogP contribution in [0.3, 0.4) is 0 Å². The van der Waals surface area contributed by atoms with E-state index >= 15 is 0 Å². The van der Waals surface area contributed by atoms with Crippen LogP contribution < -0.4 is 16.2 Å². The predicted octanol–water partition coefficient (Wildman–Crippen LogP) is 3.23. The Labute approximate surface area is 143 Å². The quantitative estimate of drug-likeness (QED) is 0.289.